The van der Waals surface area contributed by atoms with E-state index in [0.717, 1.165) is 54.9 Å². The Morgan fingerprint density at radius 2 is 1.85 bits per heavy atom. The van der Waals surface area contributed by atoms with Crippen molar-refractivity contribution in [2.45, 2.75) is 33.4 Å². The van der Waals surface area contributed by atoms with Crippen LogP contribution in [0, 0.1) is 6.92 Å². The Morgan fingerprint density at radius 3 is 2.49 bits per heavy atom. The highest BCUT2D eigenvalue weighted by Crippen LogP contribution is 2.39. The molecule has 0 aromatic carbocycles. The molecule has 2 saturated heterocycles. The fourth-order valence-electron chi connectivity index (χ4n) is 5.09. The van der Waals surface area contributed by atoms with E-state index in [0.29, 0.717) is 43.9 Å². The second kappa shape index (κ2) is 11.5. The Labute approximate surface area is 234 Å². The van der Waals surface area contributed by atoms with E-state index in [9.17, 15) is 8.42 Å². The molecule has 1 N–H and O–H groups in total. The number of nitrogens with one attached hydrogen (secondary N) is 1. The number of nitrogens with zero attached hydrogens (tertiary/aromatic N) is 6. The summed E-state index contributed by atoms with van der Waals surface area (Å²) in [5.41, 5.74) is 3.87. The van der Waals surface area contributed by atoms with Gasteiger partial charge in [-0.1, -0.05) is 0 Å². The summed E-state index contributed by atoms with van der Waals surface area (Å²) in [5, 5.41) is 0. The first kappa shape index (κ1) is 28.0. The first-order valence-corrected chi connectivity index (χ1v) is 15.9. The van der Waals surface area contributed by atoms with Gasteiger partial charge in [0.15, 0.2) is 0 Å². The van der Waals surface area contributed by atoms with Crippen LogP contribution in [0.1, 0.15) is 24.3 Å². The van der Waals surface area contributed by atoms with Crippen LogP contribution in [0.25, 0.3) is 21.5 Å². The Hall–Kier alpha value is -2.58. The summed E-state index contributed by atoms with van der Waals surface area (Å²) in [7, 11) is -2.07. The van der Waals surface area contributed by atoms with E-state index in [1.165, 1.54) is 17.6 Å². The van der Waals surface area contributed by atoms with Gasteiger partial charge in [0.1, 0.15) is 5.69 Å². The molecule has 0 aliphatic carbocycles. The van der Waals surface area contributed by atoms with Crippen LogP contribution in [0.5, 0.6) is 5.88 Å². The molecule has 3 aromatic heterocycles. The fourth-order valence-corrected chi connectivity index (χ4v) is 6.75. The van der Waals surface area contributed by atoms with E-state index < -0.39 is 10.0 Å². The van der Waals surface area contributed by atoms with Crippen molar-refractivity contribution in [1.29, 1.82) is 0 Å². The summed E-state index contributed by atoms with van der Waals surface area (Å²) in [6.07, 6.45) is 2.78. The highest BCUT2D eigenvalue weighted by molar-refractivity contribution is 7.92. The zero-order valence-corrected chi connectivity index (χ0v) is 24.9. The largest absolute Gasteiger partial charge is 0.480 e. The topological polar surface area (TPSA) is 113 Å². The number of rotatable bonds is 8. The lowest BCUT2D eigenvalue weighted by Crippen LogP contribution is -2.48. The highest BCUT2D eigenvalue weighted by atomic mass is 32.2. The minimum absolute atomic E-state index is 0.200. The third-order valence-electron chi connectivity index (χ3n) is 7.25. The van der Waals surface area contributed by atoms with Crippen LogP contribution in [-0.4, -0.2) is 105 Å². The van der Waals surface area contributed by atoms with Crippen molar-refractivity contribution in [2.75, 3.05) is 75.5 Å². The Kier molecular flexibility index (Phi) is 8.24. The first-order valence-electron chi connectivity index (χ1n) is 13.2. The average Bonchev–Trinajstić information content (AvgIpc) is 3.22. The quantitative estimate of drug-likeness (QED) is 0.430. The number of fused-ring (bicyclic) bond motifs is 1. The molecule has 11 nitrogen and oxygen atoms in total. The fraction of sp³-hybridized carbons (Fsp3) is 0.577. The second-order valence-electron chi connectivity index (χ2n) is 10.3. The van der Waals surface area contributed by atoms with Crippen molar-refractivity contribution in [2.24, 2.45) is 0 Å². The molecule has 2 aliphatic heterocycles. The molecule has 5 rings (SSSR count). The normalized spacial score (nSPS) is 17.7. The zero-order valence-electron chi connectivity index (χ0n) is 23.2. The summed E-state index contributed by atoms with van der Waals surface area (Å²) >= 11 is 1.68. The van der Waals surface area contributed by atoms with Gasteiger partial charge in [-0.2, -0.15) is 0 Å². The van der Waals surface area contributed by atoms with Crippen LogP contribution in [0.4, 0.5) is 11.6 Å². The first-order chi connectivity index (χ1) is 18.6. The number of hydrogen-bond donors (Lipinski definition) is 1. The molecule has 39 heavy (non-hydrogen) atoms. The third-order valence-corrected chi connectivity index (χ3v) is 8.98. The van der Waals surface area contributed by atoms with E-state index in [4.69, 9.17) is 19.4 Å². The van der Waals surface area contributed by atoms with Crippen molar-refractivity contribution in [3.05, 3.63) is 22.7 Å². The van der Waals surface area contributed by atoms with E-state index in [1.54, 1.807) is 23.6 Å². The number of piperazine rings is 1. The molecule has 0 radical (unpaired) electrons. The molecule has 5 heterocycles. The average molecular weight is 576 g/mol. The van der Waals surface area contributed by atoms with Gasteiger partial charge in [0.05, 0.1) is 42.5 Å². The summed E-state index contributed by atoms with van der Waals surface area (Å²) in [6.45, 7) is 14.3. The maximum Gasteiger partial charge on any atom is 0.238 e. The van der Waals surface area contributed by atoms with Crippen molar-refractivity contribution >= 4 is 43.2 Å². The van der Waals surface area contributed by atoms with Crippen LogP contribution in [0.2, 0.25) is 0 Å². The molecule has 0 saturated carbocycles. The van der Waals surface area contributed by atoms with E-state index in [1.807, 2.05) is 0 Å². The van der Waals surface area contributed by atoms with Crippen LogP contribution in [-0.2, 0) is 21.3 Å². The van der Waals surface area contributed by atoms with Gasteiger partial charge in [-0.25, -0.2) is 23.4 Å². The molecule has 0 bridgehead atoms. The molecular weight excluding hydrogens is 538 g/mol. The lowest BCUT2D eigenvalue weighted by atomic mass is 10.1. The van der Waals surface area contributed by atoms with Gasteiger partial charge in [-0.15, -0.1) is 11.3 Å². The van der Waals surface area contributed by atoms with E-state index in [-0.39, 0.29) is 11.6 Å². The van der Waals surface area contributed by atoms with Crippen LogP contribution < -0.4 is 14.4 Å². The Morgan fingerprint density at radius 1 is 1.13 bits per heavy atom. The maximum atomic E-state index is 12.0. The molecule has 3 aromatic rings. The van der Waals surface area contributed by atoms with Gasteiger partial charge < -0.3 is 14.4 Å². The van der Waals surface area contributed by atoms with Crippen molar-refractivity contribution in [3.8, 4) is 17.1 Å². The molecule has 2 fully saturated rings. The maximum absolute atomic E-state index is 12.0. The van der Waals surface area contributed by atoms with Gasteiger partial charge in [0.25, 0.3) is 0 Å². The second-order valence-corrected chi connectivity index (χ2v) is 13.3. The van der Waals surface area contributed by atoms with Crippen LogP contribution >= 0.6 is 11.3 Å². The number of aromatic nitrogens is 3. The minimum Gasteiger partial charge on any atom is -0.480 e. The number of aryl methyl sites for hydroxylation is 1. The molecule has 212 valence electrons. The number of hydrogen-bond acceptors (Lipinski definition) is 11. The lowest BCUT2D eigenvalue weighted by Gasteiger charge is -2.37. The number of sulfonamides is 1. The molecule has 0 atom stereocenters. The molecule has 2 aliphatic rings. The standard InChI is InChI=1S/C26H37N7O4S2/c1-17(2)32-8-6-31(7-9-32)16-20-18(3)38-24-22(28-26(29-23(20)24)33-10-12-37-13-11-33)19-14-21(30-39(5,34)35)25(36-4)27-15-19/h14-15,17,30H,6-13,16H2,1-5H3. The third kappa shape index (κ3) is 6.27. The Balaban J connectivity index is 1.59. The SMILES string of the molecule is COc1ncc(-c2nc(N3CCOCC3)nc3c(CN4CCN(C(C)C)CC4)c(C)sc23)cc1NS(C)(=O)=O. The number of morpholine rings is 1. The van der Waals surface area contributed by atoms with Gasteiger partial charge in [-0.3, -0.25) is 14.5 Å². The minimum atomic E-state index is -3.54. The molecular formula is C26H37N7O4S2. The van der Waals surface area contributed by atoms with E-state index >= 15 is 0 Å². The predicted octanol–water partition coefficient (Wildman–Crippen LogP) is 2.80. The van der Waals surface area contributed by atoms with Gasteiger partial charge in [0.2, 0.25) is 21.9 Å². The van der Waals surface area contributed by atoms with Gasteiger partial charge in [-0.05, 0) is 26.8 Å². The summed E-state index contributed by atoms with van der Waals surface area (Å²) < 4.78 is 38.5. The smallest absolute Gasteiger partial charge is 0.238 e. The molecule has 0 unspecified atom stereocenters. The summed E-state index contributed by atoms with van der Waals surface area (Å²) in [4.78, 5) is 22.9. The molecule has 0 amide bonds. The van der Waals surface area contributed by atoms with Crippen LogP contribution in [0.15, 0.2) is 12.3 Å². The summed E-state index contributed by atoms with van der Waals surface area (Å²) in [6, 6.07) is 2.29. The van der Waals surface area contributed by atoms with Crippen molar-refractivity contribution in [3.63, 3.8) is 0 Å². The van der Waals surface area contributed by atoms with Crippen molar-refractivity contribution < 1.29 is 17.9 Å². The zero-order chi connectivity index (χ0) is 27.7. The number of methoxy groups -OCH3 is 1. The number of thiophene rings is 1. The Bertz CT molecular complexity index is 1430. The van der Waals surface area contributed by atoms with E-state index in [2.05, 4.69) is 45.2 Å². The number of ether oxygens (including phenoxy) is 2. The summed E-state index contributed by atoms with van der Waals surface area (Å²) in [5.74, 6) is 0.851. The molecule has 0 spiro atoms. The van der Waals surface area contributed by atoms with Gasteiger partial charge >= 0.3 is 0 Å². The monoisotopic (exact) mass is 575 g/mol. The molecule has 13 heteroatoms. The number of anilines is 2. The van der Waals surface area contributed by atoms with Crippen LogP contribution in [0.3, 0.4) is 0 Å². The predicted molar refractivity (Wildman–Crippen MR) is 155 cm³/mol. The van der Waals surface area contributed by atoms with Crippen molar-refractivity contribution in [1.82, 2.24) is 24.8 Å². The number of pyridine rings is 1. The van der Waals surface area contributed by atoms with Gasteiger partial charge in [0, 0.05) is 74.1 Å². The lowest BCUT2D eigenvalue weighted by molar-refractivity contribution is 0.104. The highest BCUT2D eigenvalue weighted by Gasteiger charge is 2.25.